The minimum Gasteiger partial charge on any atom is -0.315 e. The highest BCUT2D eigenvalue weighted by Crippen LogP contribution is 2.28. The van der Waals surface area contributed by atoms with E-state index in [0.717, 1.165) is 12.5 Å². The third kappa shape index (κ3) is 4.03. The molecule has 0 heterocycles. The van der Waals surface area contributed by atoms with Crippen LogP contribution in [0, 0.1) is 17.7 Å². The van der Waals surface area contributed by atoms with Crippen molar-refractivity contribution in [1.29, 1.82) is 0 Å². The Labute approximate surface area is 124 Å². The molecular weight excluding hydrogens is 277 g/mol. The standard InChI is InChI=1S/C16H21ClFNO/c1-10(2)16(20)13(9-19-8-11-3-4-11)12-5-6-14(17)15(18)7-12/h5-7,10-11,13,19H,3-4,8-9H2,1-2H3/t13-/m1/s1. The fraction of sp³-hybridized carbons (Fsp3) is 0.562. The second kappa shape index (κ2) is 6.68. The van der Waals surface area contributed by atoms with E-state index < -0.39 is 5.82 Å². The minimum absolute atomic E-state index is 0.0681. The molecule has 1 N–H and O–H groups in total. The molecule has 110 valence electrons. The van der Waals surface area contributed by atoms with Crippen molar-refractivity contribution in [2.45, 2.75) is 32.6 Å². The fourth-order valence-electron chi connectivity index (χ4n) is 2.27. The summed E-state index contributed by atoms with van der Waals surface area (Å²) in [5.41, 5.74) is 0.703. The average molecular weight is 298 g/mol. The molecule has 1 aromatic rings. The second-order valence-electron chi connectivity index (χ2n) is 5.88. The number of Topliss-reactive ketones (excluding diaryl/α,β-unsaturated/α-hetero) is 1. The summed E-state index contributed by atoms with van der Waals surface area (Å²) in [6, 6.07) is 4.65. The molecule has 2 rings (SSSR count). The molecule has 1 fully saturated rings. The Morgan fingerprint density at radius 3 is 2.70 bits per heavy atom. The molecule has 0 aliphatic heterocycles. The number of ketones is 1. The van der Waals surface area contributed by atoms with Crippen LogP contribution in [0.5, 0.6) is 0 Å². The van der Waals surface area contributed by atoms with Gasteiger partial charge in [0.05, 0.1) is 10.9 Å². The van der Waals surface area contributed by atoms with E-state index in [4.69, 9.17) is 11.6 Å². The maximum absolute atomic E-state index is 13.6. The lowest BCUT2D eigenvalue weighted by molar-refractivity contribution is -0.123. The van der Waals surface area contributed by atoms with Crippen molar-refractivity contribution in [3.05, 3.63) is 34.6 Å². The molecule has 0 aromatic heterocycles. The van der Waals surface area contributed by atoms with Crippen LogP contribution >= 0.6 is 11.6 Å². The lowest BCUT2D eigenvalue weighted by atomic mass is 9.88. The lowest BCUT2D eigenvalue weighted by Gasteiger charge is -2.19. The van der Waals surface area contributed by atoms with Crippen molar-refractivity contribution in [1.82, 2.24) is 5.32 Å². The van der Waals surface area contributed by atoms with Crippen molar-refractivity contribution in [3.8, 4) is 0 Å². The Bertz CT molecular complexity index is 485. The van der Waals surface area contributed by atoms with Gasteiger partial charge in [0.15, 0.2) is 0 Å². The van der Waals surface area contributed by atoms with E-state index >= 15 is 0 Å². The summed E-state index contributed by atoms with van der Waals surface area (Å²) in [5.74, 6) is 0.0525. The van der Waals surface area contributed by atoms with Gasteiger partial charge >= 0.3 is 0 Å². The number of hydrogen-bond donors (Lipinski definition) is 1. The van der Waals surface area contributed by atoms with Crippen LogP contribution in [-0.2, 0) is 4.79 Å². The van der Waals surface area contributed by atoms with Gasteiger partial charge in [0, 0.05) is 12.5 Å². The van der Waals surface area contributed by atoms with Crippen LogP contribution in [-0.4, -0.2) is 18.9 Å². The summed E-state index contributed by atoms with van der Waals surface area (Å²) in [4.78, 5) is 12.3. The molecule has 20 heavy (non-hydrogen) atoms. The molecule has 1 atom stereocenters. The molecule has 0 radical (unpaired) electrons. The molecule has 2 nitrogen and oxygen atoms in total. The van der Waals surface area contributed by atoms with Gasteiger partial charge in [-0.2, -0.15) is 0 Å². The van der Waals surface area contributed by atoms with Gasteiger partial charge < -0.3 is 5.32 Å². The van der Waals surface area contributed by atoms with Gasteiger partial charge in [-0.3, -0.25) is 4.79 Å². The van der Waals surface area contributed by atoms with Crippen molar-refractivity contribution >= 4 is 17.4 Å². The smallest absolute Gasteiger partial charge is 0.144 e. The largest absolute Gasteiger partial charge is 0.315 e. The van der Waals surface area contributed by atoms with Crippen LogP contribution in [0.1, 0.15) is 38.2 Å². The SMILES string of the molecule is CC(C)C(=O)[C@H](CNCC1CC1)c1ccc(Cl)c(F)c1. The topological polar surface area (TPSA) is 29.1 Å². The van der Waals surface area contributed by atoms with E-state index in [1.807, 2.05) is 13.8 Å². The van der Waals surface area contributed by atoms with E-state index in [-0.39, 0.29) is 22.6 Å². The molecule has 1 saturated carbocycles. The Morgan fingerprint density at radius 2 is 2.15 bits per heavy atom. The van der Waals surface area contributed by atoms with E-state index in [9.17, 15) is 9.18 Å². The Hall–Kier alpha value is -0.930. The number of carbonyl (C=O) groups is 1. The molecule has 0 amide bonds. The molecule has 1 aliphatic carbocycles. The van der Waals surface area contributed by atoms with Crippen molar-refractivity contribution < 1.29 is 9.18 Å². The molecule has 1 aliphatic rings. The van der Waals surface area contributed by atoms with Crippen LogP contribution in [0.4, 0.5) is 4.39 Å². The average Bonchev–Trinajstić information content (AvgIpc) is 3.21. The summed E-state index contributed by atoms with van der Waals surface area (Å²) in [7, 11) is 0. The van der Waals surface area contributed by atoms with Crippen molar-refractivity contribution in [2.75, 3.05) is 13.1 Å². The highest BCUT2D eigenvalue weighted by molar-refractivity contribution is 6.30. The number of halogens is 2. The summed E-state index contributed by atoms with van der Waals surface area (Å²) >= 11 is 5.71. The van der Waals surface area contributed by atoms with E-state index in [1.54, 1.807) is 6.07 Å². The van der Waals surface area contributed by atoms with Crippen LogP contribution in [0.3, 0.4) is 0 Å². The van der Waals surface area contributed by atoms with Gasteiger partial charge in [-0.15, -0.1) is 0 Å². The highest BCUT2D eigenvalue weighted by Gasteiger charge is 2.25. The monoisotopic (exact) mass is 297 g/mol. The zero-order chi connectivity index (χ0) is 14.7. The molecule has 0 saturated heterocycles. The highest BCUT2D eigenvalue weighted by atomic mass is 35.5. The molecule has 1 aromatic carbocycles. The first-order valence-corrected chi connectivity index (χ1v) is 7.56. The van der Waals surface area contributed by atoms with Crippen LogP contribution < -0.4 is 5.32 Å². The molecule has 0 unspecified atom stereocenters. The van der Waals surface area contributed by atoms with Gasteiger partial charge in [-0.1, -0.05) is 31.5 Å². The summed E-state index contributed by atoms with van der Waals surface area (Å²) in [5, 5.41) is 3.43. The van der Waals surface area contributed by atoms with E-state index in [2.05, 4.69) is 5.32 Å². The van der Waals surface area contributed by atoms with Gasteiger partial charge in [0.2, 0.25) is 0 Å². The first-order valence-electron chi connectivity index (χ1n) is 7.18. The van der Waals surface area contributed by atoms with Gasteiger partial charge in [0.1, 0.15) is 11.6 Å². The number of nitrogens with one attached hydrogen (secondary N) is 1. The maximum Gasteiger partial charge on any atom is 0.144 e. The molecular formula is C16H21ClFNO. The first-order chi connectivity index (χ1) is 9.49. The summed E-state index contributed by atoms with van der Waals surface area (Å²) in [6.45, 7) is 5.26. The Balaban J connectivity index is 2.10. The molecule has 0 spiro atoms. The normalized spacial score (nSPS) is 16.4. The molecule has 0 bridgehead atoms. The fourth-order valence-corrected chi connectivity index (χ4v) is 2.39. The number of benzene rings is 1. The summed E-state index contributed by atoms with van der Waals surface area (Å²) in [6.07, 6.45) is 2.54. The second-order valence-corrected chi connectivity index (χ2v) is 6.29. The maximum atomic E-state index is 13.6. The van der Waals surface area contributed by atoms with Gasteiger partial charge in [0.25, 0.3) is 0 Å². The number of carbonyl (C=O) groups excluding carboxylic acids is 1. The van der Waals surface area contributed by atoms with Gasteiger partial charge in [-0.25, -0.2) is 4.39 Å². The zero-order valence-electron chi connectivity index (χ0n) is 12.0. The van der Waals surface area contributed by atoms with Crippen molar-refractivity contribution in [3.63, 3.8) is 0 Å². The Morgan fingerprint density at radius 1 is 1.45 bits per heavy atom. The lowest BCUT2D eigenvalue weighted by Crippen LogP contribution is -2.30. The quantitative estimate of drug-likeness (QED) is 0.829. The minimum atomic E-state index is -0.465. The summed E-state index contributed by atoms with van der Waals surface area (Å²) < 4.78 is 13.6. The predicted octanol–water partition coefficient (Wildman–Crippen LogP) is 3.79. The van der Waals surface area contributed by atoms with Crippen molar-refractivity contribution in [2.24, 2.45) is 11.8 Å². The van der Waals surface area contributed by atoms with Crippen LogP contribution in [0.25, 0.3) is 0 Å². The van der Waals surface area contributed by atoms with Crippen LogP contribution in [0.15, 0.2) is 18.2 Å². The molecule has 4 heteroatoms. The third-order valence-electron chi connectivity index (χ3n) is 3.74. The third-order valence-corrected chi connectivity index (χ3v) is 4.04. The number of rotatable bonds is 7. The van der Waals surface area contributed by atoms with E-state index in [0.29, 0.717) is 12.1 Å². The number of hydrogen-bond acceptors (Lipinski definition) is 2. The first kappa shape index (κ1) is 15.5. The Kier molecular flexibility index (Phi) is 5.17. The zero-order valence-corrected chi connectivity index (χ0v) is 12.7. The van der Waals surface area contributed by atoms with Gasteiger partial charge in [-0.05, 0) is 43.0 Å². The predicted molar refractivity (Wildman–Crippen MR) is 79.6 cm³/mol. The van der Waals surface area contributed by atoms with Crippen LogP contribution in [0.2, 0.25) is 5.02 Å². The van der Waals surface area contributed by atoms with E-state index in [1.165, 1.54) is 25.0 Å².